The zero-order valence-electron chi connectivity index (χ0n) is 19.4. The number of hydrogen-bond acceptors (Lipinski definition) is 6. The van der Waals surface area contributed by atoms with Gasteiger partial charge in [0.1, 0.15) is 24.7 Å². The molecular formula is C27H29N3O5. The van der Waals surface area contributed by atoms with Crippen molar-refractivity contribution in [2.24, 2.45) is 0 Å². The van der Waals surface area contributed by atoms with E-state index >= 15 is 0 Å². The number of nitrogens with zero attached hydrogens (tertiary/aromatic N) is 1. The van der Waals surface area contributed by atoms with Crippen molar-refractivity contribution >= 4 is 23.2 Å². The van der Waals surface area contributed by atoms with Crippen LogP contribution in [0.2, 0.25) is 0 Å². The Balaban J connectivity index is 1.19. The third-order valence-electron chi connectivity index (χ3n) is 5.37. The quantitative estimate of drug-likeness (QED) is 0.435. The molecule has 3 aromatic carbocycles. The van der Waals surface area contributed by atoms with Gasteiger partial charge in [0.15, 0.2) is 0 Å². The first-order chi connectivity index (χ1) is 17.2. The second-order valence-electron chi connectivity index (χ2n) is 7.92. The summed E-state index contributed by atoms with van der Waals surface area (Å²) in [6.45, 7) is 3.24. The fourth-order valence-electron chi connectivity index (χ4n) is 3.56. The average Bonchev–Trinajstić information content (AvgIpc) is 2.91. The third kappa shape index (κ3) is 7.48. The molecule has 0 radical (unpaired) electrons. The average molecular weight is 476 g/mol. The highest BCUT2D eigenvalue weighted by atomic mass is 16.5. The summed E-state index contributed by atoms with van der Waals surface area (Å²) in [7, 11) is 0. The molecule has 8 nitrogen and oxygen atoms in total. The maximum Gasteiger partial charge on any atom is 0.254 e. The molecule has 2 N–H and O–H groups in total. The van der Waals surface area contributed by atoms with E-state index in [2.05, 4.69) is 10.6 Å². The van der Waals surface area contributed by atoms with Crippen molar-refractivity contribution in [1.82, 2.24) is 4.90 Å². The van der Waals surface area contributed by atoms with Crippen LogP contribution in [0.4, 0.5) is 11.4 Å². The summed E-state index contributed by atoms with van der Waals surface area (Å²) in [5.74, 6) is 1.27. The number of nitrogens with one attached hydrogen (secondary N) is 2. The van der Waals surface area contributed by atoms with Gasteiger partial charge < -0.3 is 29.7 Å². The molecule has 0 aliphatic carbocycles. The number of amides is 2. The monoisotopic (exact) mass is 475 g/mol. The van der Waals surface area contributed by atoms with E-state index in [1.54, 1.807) is 29.2 Å². The van der Waals surface area contributed by atoms with Crippen molar-refractivity contribution < 1.29 is 23.8 Å². The largest absolute Gasteiger partial charge is 0.490 e. The second kappa shape index (κ2) is 12.4. The minimum absolute atomic E-state index is 0.0263. The van der Waals surface area contributed by atoms with E-state index < -0.39 is 0 Å². The van der Waals surface area contributed by atoms with Gasteiger partial charge in [0, 0.05) is 36.1 Å². The van der Waals surface area contributed by atoms with Gasteiger partial charge in [-0.05, 0) is 48.5 Å². The fourth-order valence-corrected chi connectivity index (χ4v) is 3.56. The summed E-state index contributed by atoms with van der Waals surface area (Å²) in [6, 6.07) is 23.9. The van der Waals surface area contributed by atoms with Crippen LogP contribution in [-0.4, -0.2) is 62.8 Å². The van der Waals surface area contributed by atoms with Gasteiger partial charge in [-0.2, -0.15) is 0 Å². The van der Waals surface area contributed by atoms with E-state index in [0.29, 0.717) is 56.5 Å². The maximum absolute atomic E-state index is 12.5. The lowest BCUT2D eigenvalue weighted by molar-refractivity contribution is -0.114. The van der Waals surface area contributed by atoms with Crippen molar-refractivity contribution in [3.05, 3.63) is 84.4 Å². The fraction of sp³-hybridized carbons (Fsp3) is 0.259. The first-order valence-corrected chi connectivity index (χ1v) is 11.6. The van der Waals surface area contributed by atoms with Crippen LogP contribution in [0.5, 0.6) is 11.5 Å². The lowest BCUT2D eigenvalue weighted by Crippen LogP contribution is -2.40. The zero-order valence-corrected chi connectivity index (χ0v) is 19.4. The SMILES string of the molecule is O=C(CNc1cccc(OCCOc2ccccc2)c1)Nc1ccc(C(=O)N2CCOCC2)cc1. The van der Waals surface area contributed by atoms with Crippen LogP contribution in [0.15, 0.2) is 78.9 Å². The Kier molecular flexibility index (Phi) is 8.56. The second-order valence-corrected chi connectivity index (χ2v) is 7.92. The Hall–Kier alpha value is -4.04. The molecule has 1 saturated heterocycles. The molecule has 0 spiro atoms. The highest BCUT2D eigenvalue weighted by Crippen LogP contribution is 2.18. The van der Waals surface area contributed by atoms with Crippen molar-refractivity contribution in [3.63, 3.8) is 0 Å². The molecule has 0 saturated carbocycles. The van der Waals surface area contributed by atoms with E-state index in [9.17, 15) is 9.59 Å². The topological polar surface area (TPSA) is 89.1 Å². The van der Waals surface area contributed by atoms with Gasteiger partial charge in [0.2, 0.25) is 5.91 Å². The summed E-state index contributed by atoms with van der Waals surface area (Å²) in [5, 5.41) is 5.93. The third-order valence-corrected chi connectivity index (χ3v) is 5.37. The van der Waals surface area contributed by atoms with Crippen molar-refractivity contribution in [2.75, 3.05) is 56.7 Å². The van der Waals surface area contributed by atoms with E-state index in [1.807, 2.05) is 54.6 Å². The number of ether oxygens (including phenoxy) is 3. The molecule has 0 unspecified atom stereocenters. The summed E-state index contributed by atoms with van der Waals surface area (Å²) in [6.07, 6.45) is 0. The number of hydrogen-bond donors (Lipinski definition) is 2. The van der Waals surface area contributed by atoms with Gasteiger partial charge in [-0.1, -0.05) is 24.3 Å². The zero-order chi connectivity index (χ0) is 24.3. The van der Waals surface area contributed by atoms with Gasteiger partial charge in [-0.3, -0.25) is 9.59 Å². The molecule has 1 aliphatic rings. The van der Waals surface area contributed by atoms with Crippen molar-refractivity contribution in [2.45, 2.75) is 0 Å². The first kappa shape index (κ1) is 24.1. The van der Waals surface area contributed by atoms with Gasteiger partial charge in [0.25, 0.3) is 5.91 Å². The molecule has 8 heteroatoms. The maximum atomic E-state index is 12.5. The number of carbonyl (C=O) groups is 2. The van der Waals surface area contributed by atoms with Crippen LogP contribution in [-0.2, 0) is 9.53 Å². The molecule has 0 aromatic heterocycles. The molecule has 1 fully saturated rings. The van der Waals surface area contributed by atoms with Gasteiger partial charge >= 0.3 is 0 Å². The molecular weight excluding hydrogens is 446 g/mol. The van der Waals surface area contributed by atoms with Crippen LogP contribution in [0.25, 0.3) is 0 Å². The van der Waals surface area contributed by atoms with Crippen LogP contribution >= 0.6 is 0 Å². The molecule has 2 amide bonds. The van der Waals surface area contributed by atoms with E-state index in [4.69, 9.17) is 14.2 Å². The predicted octanol–water partition coefficient (Wildman–Crippen LogP) is 3.67. The molecule has 1 heterocycles. The number of morpholine rings is 1. The summed E-state index contributed by atoms with van der Waals surface area (Å²) in [4.78, 5) is 26.7. The first-order valence-electron chi connectivity index (χ1n) is 11.6. The van der Waals surface area contributed by atoms with E-state index in [0.717, 1.165) is 11.4 Å². The van der Waals surface area contributed by atoms with E-state index in [-0.39, 0.29) is 18.4 Å². The number of carbonyl (C=O) groups excluding carboxylic acids is 2. The van der Waals surface area contributed by atoms with Gasteiger partial charge in [-0.25, -0.2) is 0 Å². The molecule has 3 aromatic rings. The summed E-state index contributed by atoms with van der Waals surface area (Å²) >= 11 is 0. The Morgan fingerprint density at radius 2 is 1.49 bits per heavy atom. The molecule has 0 atom stereocenters. The predicted molar refractivity (Wildman–Crippen MR) is 134 cm³/mol. The van der Waals surface area contributed by atoms with E-state index in [1.165, 1.54) is 0 Å². The molecule has 4 rings (SSSR count). The van der Waals surface area contributed by atoms with Crippen molar-refractivity contribution in [3.8, 4) is 11.5 Å². The lowest BCUT2D eigenvalue weighted by Gasteiger charge is -2.26. The van der Waals surface area contributed by atoms with Gasteiger partial charge in [0.05, 0.1) is 19.8 Å². The van der Waals surface area contributed by atoms with Crippen molar-refractivity contribution in [1.29, 1.82) is 0 Å². The summed E-state index contributed by atoms with van der Waals surface area (Å²) < 4.78 is 16.7. The summed E-state index contributed by atoms with van der Waals surface area (Å²) in [5.41, 5.74) is 1.99. The van der Waals surface area contributed by atoms with Crippen LogP contribution in [0.3, 0.4) is 0 Å². The Bertz CT molecular complexity index is 1100. The Labute approximate surface area is 204 Å². The minimum atomic E-state index is -0.195. The number of rotatable bonds is 10. The van der Waals surface area contributed by atoms with Gasteiger partial charge in [-0.15, -0.1) is 0 Å². The molecule has 182 valence electrons. The van der Waals surface area contributed by atoms with Crippen LogP contribution in [0.1, 0.15) is 10.4 Å². The normalized spacial score (nSPS) is 13.1. The lowest BCUT2D eigenvalue weighted by atomic mass is 10.1. The number of benzene rings is 3. The standard InChI is InChI=1S/C27H29N3O5/c31-26(29-22-11-9-21(10-12-22)27(32)30-13-15-33-16-14-30)20-28-23-5-4-8-25(19-23)35-18-17-34-24-6-2-1-3-7-24/h1-12,19,28H,13-18,20H2,(H,29,31). The number of para-hydroxylation sites is 1. The number of anilines is 2. The smallest absolute Gasteiger partial charge is 0.254 e. The van der Waals surface area contributed by atoms with Crippen LogP contribution < -0.4 is 20.1 Å². The Morgan fingerprint density at radius 1 is 0.800 bits per heavy atom. The highest BCUT2D eigenvalue weighted by Gasteiger charge is 2.18. The van der Waals surface area contributed by atoms with Crippen LogP contribution in [0, 0.1) is 0 Å². The molecule has 1 aliphatic heterocycles. The highest BCUT2D eigenvalue weighted by molar-refractivity contribution is 5.96. The molecule has 35 heavy (non-hydrogen) atoms. The minimum Gasteiger partial charge on any atom is -0.490 e. The molecule has 0 bridgehead atoms. The Morgan fingerprint density at radius 3 is 2.23 bits per heavy atom.